The molecular formula is C18H23NO2. The average Bonchev–Trinajstić information content (AvgIpc) is 2.55. The van der Waals surface area contributed by atoms with Gasteiger partial charge in [0.05, 0.1) is 13.2 Å². The molecule has 0 fully saturated rings. The molecule has 0 bridgehead atoms. The highest BCUT2D eigenvalue weighted by molar-refractivity contribution is 5.17. The third kappa shape index (κ3) is 5.31. The summed E-state index contributed by atoms with van der Waals surface area (Å²) in [5.41, 5.74) is 2.36. The van der Waals surface area contributed by atoms with E-state index in [9.17, 15) is 10.2 Å². The van der Waals surface area contributed by atoms with E-state index in [2.05, 4.69) is 29.6 Å². The van der Waals surface area contributed by atoms with Crippen molar-refractivity contribution in [2.45, 2.75) is 24.9 Å². The lowest BCUT2D eigenvalue weighted by Gasteiger charge is -2.23. The number of nitrogens with one attached hydrogen (secondary N) is 1. The van der Waals surface area contributed by atoms with E-state index in [1.165, 1.54) is 11.1 Å². The van der Waals surface area contributed by atoms with Gasteiger partial charge in [-0.25, -0.2) is 0 Å². The molecule has 0 radical (unpaired) electrons. The molecule has 21 heavy (non-hydrogen) atoms. The fraction of sp³-hybridized carbons (Fsp3) is 0.333. The van der Waals surface area contributed by atoms with E-state index in [1.54, 1.807) is 0 Å². The smallest absolute Gasteiger partial charge is 0.0587 e. The molecule has 0 spiro atoms. The molecule has 112 valence electrons. The van der Waals surface area contributed by atoms with Gasteiger partial charge in [0.15, 0.2) is 0 Å². The first-order chi connectivity index (χ1) is 10.3. The predicted molar refractivity (Wildman–Crippen MR) is 85.2 cm³/mol. The average molecular weight is 285 g/mol. The fourth-order valence-electron chi connectivity index (χ4n) is 2.48. The Hall–Kier alpha value is -1.68. The zero-order valence-electron chi connectivity index (χ0n) is 12.2. The second-order valence-corrected chi connectivity index (χ2v) is 5.31. The molecule has 3 heteroatoms. The highest BCUT2D eigenvalue weighted by atomic mass is 16.3. The molecule has 0 saturated heterocycles. The second kappa shape index (κ2) is 8.57. The van der Waals surface area contributed by atoms with Crippen LogP contribution in [0.2, 0.25) is 0 Å². The zero-order valence-corrected chi connectivity index (χ0v) is 12.2. The number of benzene rings is 2. The molecule has 0 aliphatic heterocycles. The Labute approximate surface area is 126 Å². The van der Waals surface area contributed by atoms with Crippen molar-refractivity contribution in [1.82, 2.24) is 5.32 Å². The van der Waals surface area contributed by atoms with Crippen LogP contribution in [0.15, 0.2) is 60.7 Å². The van der Waals surface area contributed by atoms with Crippen molar-refractivity contribution in [3.05, 3.63) is 71.8 Å². The van der Waals surface area contributed by atoms with Crippen LogP contribution in [0.5, 0.6) is 0 Å². The van der Waals surface area contributed by atoms with Crippen molar-refractivity contribution in [1.29, 1.82) is 0 Å². The Kier molecular flexibility index (Phi) is 6.41. The van der Waals surface area contributed by atoms with Gasteiger partial charge in [-0.1, -0.05) is 60.7 Å². The standard InChI is InChI=1S/C18H23NO2/c20-13-17(11-15-7-3-1-4-8-15)19-18(14-21)12-16-9-5-2-6-10-16/h1-10,17-21H,11-14H2. The van der Waals surface area contributed by atoms with Gasteiger partial charge in [-0.2, -0.15) is 0 Å². The lowest BCUT2D eigenvalue weighted by atomic mass is 10.0. The minimum Gasteiger partial charge on any atom is -0.395 e. The maximum atomic E-state index is 9.55. The van der Waals surface area contributed by atoms with Crippen LogP contribution in [-0.2, 0) is 12.8 Å². The monoisotopic (exact) mass is 285 g/mol. The van der Waals surface area contributed by atoms with Gasteiger partial charge >= 0.3 is 0 Å². The summed E-state index contributed by atoms with van der Waals surface area (Å²) in [7, 11) is 0. The number of aliphatic hydroxyl groups is 2. The molecule has 0 aliphatic carbocycles. The molecular weight excluding hydrogens is 262 g/mol. The fourth-order valence-corrected chi connectivity index (χ4v) is 2.48. The van der Waals surface area contributed by atoms with E-state index in [4.69, 9.17) is 0 Å². The summed E-state index contributed by atoms with van der Waals surface area (Å²) in [6, 6.07) is 20.1. The van der Waals surface area contributed by atoms with Gasteiger partial charge in [0, 0.05) is 12.1 Å². The molecule has 0 saturated carbocycles. The molecule has 3 N–H and O–H groups in total. The summed E-state index contributed by atoms with van der Waals surface area (Å²) in [6.07, 6.45) is 1.51. The second-order valence-electron chi connectivity index (χ2n) is 5.31. The number of aliphatic hydroxyl groups excluding tert-OH is 2. The van der Waals surface area contributed by atoms with Crippen LogP contribution in [0.1, 0.15) is 11.1 Å². The van der Waals surface area contributed by atoms with E-state index in [0.29, 0.717) is 0 Å². The van der Waals surface area contributed by atoms with E-state index in [0.717, 1.165) is 12.8 Å². The molecule has 2 aromatic carbocycles. The molecule has 2 unspecified atom stereocenters. The van der Waals surface area contributed by atoms with Gasteiger partial charge in [0.2, 0.25) is 0 Å². The first kappa shape index (κ1) is 15.7. The van der Waals surface area contributed by atoms with E-state index in [-0.39, 0.29) is 25.3 Å². The molecule has 0 heterocycles. The highest BCUT2D eigenvalue weighted by Gasteiger charge is 2.15. The molecule has 2 atom stereocenters. The van der Waals surface area contributed by atoms with Crippen LogP contribution in [0.3, 0.4) is 0 Å². The first-order valence-corrected chi connectivity index (χ1v) is 7.37. The van der Waals surface area contributed by atoms with Crippen LogP contribution < -0.4 is 5.32 Å². The number of hydrogen-bond acceptors (Lipinski definition) is 3. The molecule has 2 rings (SSSR count). The van der Waals surface area contributed by atoms with Crippen LogP contribution >= 0.6 is 0 Å². The summed E-state index contributed by atoms with van der Waals surface area (Å²) in [4.78, 5) is 0. The first-order valence-electron chi connectivity index (χ1n) is 7.37. The predicted octanol–water partition coefficient (Wildman–Crippen LogP) is 1.78. The van der Waals surface area contributed by atoms with Crippen molar-refractivity contribution >= 4 is 0 Å². The maximum Gasteiger partial charge on any atom is 0.0587 e. The van der Waals surface area contributed by atoms with E-state index >= 15 is 0 Å². The summed E-state index contributed by atoms with van der Waals surface area (Å²) < 4.78 is 0. The normalized spacial score (nSPS) is 13.8. The SMILES string of the molecule is OCC(Cc1ccccc1)NC(CO)Cc1ccccc1. The summed E-state index contributed by atoms with van der Waals surface area (Å²) in [5, 5.41) is 22.5. The van der Waals surface area contributed by atoms with Crippen molar-refractivity contribution in [3.8, 4) is 0 Å². The Morgan fingerprint density at radius 3 is 1.38 bits per heavy atom. The topological polar surface area (TPSA) is 52.5 Å². The largest absolute Gasteiger partial charge is 0.395 e. The van der Waals surface area contributed by atoms with Crippen molar-refractivity contribution in [2.24, 2.45) is 0 Å². The van der Waals surface area contributed by atoms with Gasteiger partial charge in [-0.05, 0) is 24.0 Å². The lowest BCUT2D eigenvalue weighted by molar-refractivity contribution is 0.192. The van der Waals surface area contributed by atoms with Crippen molar-refractivity contribution in [3.63, 3.8) is 0 Å². The van der Waals surface area contributed by atoms with Gasteiger partial charge in [0.25, 0.3) is 0 Å². The zero-order chi connectivity index (χ0) is 14.9. The Balaban J connectivity index is 1.92. The Morgan fingerprint density at radius 1 is 0.667 bits per heavy atom. The molecule has 3 nitrogen and oxygen atoms in total. The summed E-state index contributed by atoms with van der Waals surface area (Å²) in [6.45, 7) is 0.111. The minimum absolute atomic E-state index is 0.0479. The molecule has 0 amide bonds. The van der Waals surface area contributed by atoms with Crippen LogP contribution in [-0.4, -0.2) is 35.5 Å². The van der Waals surface area contributed by atoms with E-state index in [1.807, 2.05) is 36.4 Å². The van der Waals surface area contributed by atoms with Crippen molar-refractivity contribution in [2.75, 3.05) is 13.2 Å². The van der Waals surface area contributed by atoms with Gasteiger partial charge in [-0.3, -0.25) is 0 Å². The van der Waals surface area contributed by atoms with E-state index < -0.39 is 0 Å². The van der Waals surface area contributed by atoms with Gasteiger partial charge < -0.3 is 15.5 Å². The minimum atomic E-state index is -0.0479. The van der Waals surface area contributed by atoms with Gasteiger partial charge in [0.1, 0.15) is 0 Å². The third-order valence-corrected chi connectivity index (χ3v) is 3.56. The van der Waals surface area contributed by atoms with Crippen LogP contribution in [0.4, 0.5) is 0 Å². The molecule has 0 aromatic heterocycles. The Morgan fingerprint density at radius 2 is 1.05 bits per heavy atom. The third-order valence-electron chi connectivity index (χ3n) is 3.56. The van der Waals surface area contributed by atoms with Crippen LogP contribution in [0, 0.1) is 0 Å². The summed E-state index contributed by atoms with van der Waals surface area (Å²) >= 11 is 0. The quantitative estimate of drug-likeness (QED) is 0.693. The number of rotatable bonds is 8. The van der Waals surface area contributed by atoms with Crippen molar-refractivity contribution < 1.29 is 10.2 Å². The maximum absolute atomic E-state index is 9.55. The molecule has 2 aromatic rings. The summed E-state index contributed by atoms with van der Waals surface area (Å²) in [5.74, 6) is 0. The van der Waals surface area contributed by atoms with Gasteiger partial charge in [-0.15, -0.1) is 0 Å². The molecule has 0 aliphatic rings. The highest BCUT2D eigenvalue weighted by Crippen LogP contribution is 2.07. The lowest BCUT2D eigenvalue weighted by Crippen LogP contribution is -2.45. The number of hydrogen-bond donors (Lipinski definition) is 3. The Bertz CT molecular complexity index is 454. The van der Waals surface area contributed by atoms with Crippen LogP contribution in [0.25, 0.3) is 0 Å².